The van der Waals surface area contributed by atoms with E-state index in [1.54, 1.807) is 13.0 Å². The zero-order valence-corrected chi connectivity index (χ0v) is 8.04. The molecule has 15 heavy (non-hydrogen) atoms. The number of para-hydroxylation sites is 1. The lowest BCUT2D eigenvalue weighted by Gasteiger charge is -2.06. The van der Waals surface area contributed by atoms with Crippen LogP contribution >= 0.6 is 0 Å². The van der Waals surface area contributed by atoms with Crippen molar-refractivity contribution in [1.29, 1.82) is 0 Å². The van der Waals surface area contributed by atoms with Crippen molar-refractivity contribution in [3.05, 3.63) is 41.6 Å². The van der Waals surface area contributed by atoms with Crippen LogP contribution in [0.5, 0.6) is 0 Å². The molecule has 0 saturated carbocycles. The third kappa shape index (κ3) is 1.56. The van der Waals surface area contributed by atoms with Gasteiger partial charge in [-0.1, -0.05) is 6.07 Å². The smallest absolute Gasteiger partial charge is 0.151 e. The highest BCUT2D eigenvalue weighted by Gasteiger charge is 2.13. The monoisotopic (exact) mass is 209 g/mol. The maximum Gasteiger partial charge on any atom is 0.151 e. The number of rotatable bonds is 1. The SMILES string of the molecule is Cc1cc(N)n(-c2c(F)cccc2F)n1. The highest BCUT2D eigenvalue weighted by Crippen LogP contribution is 2.20. The predicted octanol–water partition coefficient (Wildman–Crippen LogP) is 2.04. The first kappa shape index (κ1) is 9.64. The van der Waals surface area contributed by atoms with Crippen LogP contribution in [0.4, 0.5) is 14.6 Å². The highest BCUT2D eigenvalue weighted by molar-refractivity contribution is 5.44. The Labute approximate surface area is 85.1 Å². The van der Waals surface area contributed by atoms with Crippen molar-refractivity contribution in [3.63, 3.8) is 0 Å². The molecule has 2 rings (SSSR count). The van der Waals surface area contributed by atoms with Gasteiger partial charge in [-0.25, -0.2) is 13.5 Å². The van der Waals surface area contributed by atoms with E-state index in [0.717, 1.165) is 16.8 Å². The van der Waals surface area contributed by atoms with E-state index in [1.165, 1.54) is 6.07 Å². The maximum absolute atomic E-state index is 13.4. The van der Waals surface area contributed by atoms with Crippen LogP contribution in [0.2, 0.25) is 0 Å². The molecule has 0 radical (unpaired) electrons. The second kappa shape index (κ2) is 3.34. The molecule has 0 amide bonds. The van der Waals surface area contributed by atoms with Crippen LogP contribution in [-0.4, -0.2) is 9.78 Å². The predicted molar refractivity (Wildman–Crippen MR) is 52.6 cm³/mol. The van der Waals surface area contributed by atoms with Crippen molar-refractivity contribution in [2.75, 3.05) is 5.73 Å². The van der Waals surface area contributed by atoms with E-state index in [4.69, 9.17) is 5.73 Å². The van der Waals surface area contributed by atoms with Crippen molar-refractivity contribution < 1.29 is 8.78 Å². The fourth-order valence-corrected chi connectivity index (χ4v) is 1.39. The molecule has 0 bridgehead atoms. The van der Waals surface area contributed by atoms with E-state index in [9.17, 15) is 8.78 Å². The summed E-state index contributed by atoms with van der Waals surface area (Å²) < 4.78 is 27.8. The second-order valence-electron chi connectivity index (χ2n) is 3.19. The van der Waals surface area contributed by atoms with Gasteiger partial charge in [-0.3, -0.25) is 0 Å². The van der Waals surface area contributed by atoms with Crippen LogP contribution in [0.1, 0.15) is 5.69 Å². The minimum atomic E-state index is -0.690. The zero-order chi connectivity index (χ0) is 11.0. The second-order valence-corrected chi connectivity index (χ2v) is 3.19. The Morgan fingerprint density at radius 1 is 1.27 bits per heavy atom. The Hall–Kier alpha value is -1.91. The lowest BCUT2D eigenvalue weighted by molar-refractivity contribution is 0.561. The molecule has 3 nitrogen and oxygen atoms in total. The summed E-state index contributed by atoms with van der Waals surface area (Å²) >= 11 is 0. The molecule has 0 atom stereocenters. The average Bonchev–Trinajstić information content (AvgIpc) is 2.45. The molecule has 0 saturated heterocycles. The van der Waals surface area contributed by atoms with Crippen molar-refractivity contribution in [3.8, 4) is 5.69 Å². The van der Waals surface area contributed by atoms with E-state index < -0.39 is 11.6 Å². The molecule has 0 aliphatic carbocycles. The molecular formula is C10H9F2N3. The Morgan fingerprint density at radius 2 is 1.87 bits per heavy atom. The fraction of sp³-hybridized carbons (Fsp3) is 0.100. The van der Waals surface area contributed by atoms with E-state index in [2.05, 4.69) is 5.10 Å². The van der Waals surface area contributed by atoms with Crippen LogP contribution in [0.3, 0.4) is 0 Å². The average molecular weight is 209 g/mol. The number of halogens is 2. The Kier molecular flexibility index (Phi) is 2.15. The largest absolute Gasteiger partial charge is 0.384 e. The summed E-state index contributed by atoms with van der Waals surface area (Å²) in [5.74, 6) is -1.17. The summed E-state index contributed by atoms with van der Waals surface area (Å²) in [4.78, 5) is 0. The van der Waals surface area contributed by atoms with Crippen molar-refractivity contribution in [2.24, 2.45) is 0 Å². The summed E-state index contributed by atoms with van der Waals surface area (Å²) in [6, 6.07) is 5.16. The molecular weight excluding hydrogens is 200 g/mol. The van der Waals surface area contributed by atoms with Crippen LogP contribution in [0.25, 0.3) is 5.69 Å². The topological polar surface area (TPSA) is 43.8 Å². The lowest BCUT2D eigenvalue weighted by atomic mass is 10.3. The van der Waals surface area contributed by atoms with Crippen LogP contribution in [0.15, 0.2) is 24.3 Å². The molecule has 2 N–H and O–H groups in total. The molecule has 1 heterocycles. The van der Waals surface area contributed by atoms with Gasteiger partial charge in [0.25, 0.3) is 0 Å². The van der Waals surface area contributed by atoms with Crippen LogP contribution in [-0.2, 0) is 0 Å². The maximum atomic E-state index is 13.4. The molecule has 78 valence electrons. The number of nitrogen functional groups attached to an aromatic ring is 1. The highest BCUT2D eigenvalue weighted by atomic mass is 19.1. The van der Waals surface area contributed by atoms with Gasteiger partial charge in [0.1, 0.15) is 11.5 Å². The van der Waals surface area contributed by atoms with Crippen molar-refractivity contribution in [2.45, 2.75) is 6.92 Å². The van der Waals surface area contributed by atoms with Crippen molar-refractivity contribution in [1.82, 2.24) is 9.78 Å². The zero-order valence-electron chi connectivity index (χ0n) is 8.04. The molecule has 0 unspecified atom stereocenters. The third-order valence-electron chi connectivity index (χ3n) is 2.01. The molecule has 0 spiro atoms. The standard InChI is InChI=1S/C10H9F2N3/c1-6-5-9(13)15(14-6)10-7(11)3-2-4-8(10)12/h2-5H,13H2,1H3. The Balaban J connectivity index is 2.68. The first-order valence-corrected chi connectivity index (χ1v) is 4.36. The quantitative estimate of drug-likeness (QED) is 0.781. The number of nitrogens with two attached hydrogens (primary N) is 1. The normalized spacial score (nSPS) is 10.6. The molecule has 2 aromatic rings. The van der Waals surface area contributed by atoms with Gasteiger partial charge in [0, 0.05) is 6.07 Å². The van der Waals surface area contributed by atoms with Gasteiger partial charge < -0.3 is 5.73 Å². The van der Waals surface area contributed by atoms with Crippen LogP contribution < -0.4 is 5.73 Å². The van der Waals surface area contributed by atoms with E-state index in [-0.39, 0.29) is 11.5 Å². The summed E-state index contributed by atoms with van der Waals surface area (Å²) in [5, 5.41) is 3.91. The number of benzene rings is 1. The third-order valence-corrected chi connectivity index (χ3v) is 2.01. The number of aromatic nitrogens is 2. The molecule has 0 aliphatic rings. The molecule has 1 aromatic carbocycles. The van der Waals surface area contributed by atoms with Gasteiger partial charge in [-0.2, -0.15) is 5.10 Å². The van der Waals surface area contributed by atoms with Gasteiger partial charge in [0.15, 0.2) is 11.6 Å². The molecule has 1 aromatic heterocycles. The first-order valence-electron chi connectivity index (χ1n) is 4.36. The molecule has 0 fully saturated rings. The minimum Gasteiger partial charge on any atom is -0.384 e. The summed E-state index contributed by atoms with van der Waals surface area (Å²) in [7, 11) is 0. The van der Waals surface area contributed by atoms with E-state index >= 15 is 0 Å². The van der Waals surface area contributed by atoms with E-state index in [0.29, 0.717) is 5.69 Å². The van der Waals surface area contributed by atoms with E-state index in [1.807, 2.05) is 0 Å². The minimum absolute atomic E-state index is 0.205. The Morgan fingerprint density at radius 3 is 2.33 bits per heavy atom. The lowest BCUT2D eigenvalue weighted by Crippen LogP contribution is -2.06. The molecule has 5 heteroatoms. The first-order chi connectivity index (χ1) is 7.09. The fourth-order valence-electron chi connectivity index (χ4n) is 1.39. The number of aryl methyl sites for hydroxylation is 1. The van der Waals surface area contributed by atoms with Crippen molar-refractivity contribution >= 4 is 5.82 Å². The summed E-state index contributed by atoms with van der Waals surface area (Å²) in [6.45, 7) is 1.70. The van der Waals surface area contributed by atoms with Gasteiger partial charge in [-0.05, 0) is 19.1 Å². The molecule has 0 aliphatic heterocycles. The Bertz CT molecular complexity index is 485. The summed E-state index contributed by atoms with van der Waals surface area (Å²) in [5.41, 5.74) is 5.94. The number of anilines is 1. The van der Waals surface area contributed by atoms with Gasteiger partial charge in [-0.15, -0.1) is 0 Å². The van der Waals surface area contributed by atoms with Gasteiger partial charge in [0.05, 0.1) is 5.69 Å². The van der Waals surface area contributed by atoms with Gasteiger partial charge in [0.2, 0.25) is 0 Å². The number of hydrogen-bond donors (Lipinski definition) is 1. The number of hydrogen-bond acceptors (Lipinski definition) is 2. The summed E-state index contributed by atoms with van der Waals surface area (Å²) in [6.07, 6.45) is 0. The van der Waals surface area contributed by atoms with Crippen LogP contribution in [0, 0.1) is 18.6 Å². The van der Waals surface area contributed by atoms with Gasteiger partial charge >= 0.3 is 0 Å². The number of nitrogens with zero attached hydrogens (tertiary/aromatic N) is 2.